The standard InChI is InChI=1S/C13H10Cl2N4/c1-7-4-9(16)6-19-12(7)17-18-13(19)8-2-3-10(14)11(15)5-8/h2-6H,16H2,1H3. The molecule has 2 aromatic heterocycles. The first-order chi connectivity index (χ1) is 9.06. The molecule has 0 unspecified atom stereocenters. The molecule has 3 rings (SSSR count). The van der Waals surface area contributed by atoms with Crippen molar-refractivity contribution < 1.29 is 0 Å². The molecule has 0 aliphatic heterocycles. The van der Waals surface area contributed by atoms with Crippen molar-refractivity contribution in [2.75, 3.05) is 5.73 Å². The SMILES string of the molecule is Cc1cc(N)cn2c(-c3ccc(Cl)c(Cl)c3)nnc12. The molecule has 0 amide bonds. The zero-order valence-electron chi connectivity index (χ0n) is 10.1. The Morgan fingerprint density at radius 2 is 1.89 bits per heavy atom. The Balaban J connectivity index is 2.28. The van der Waals surface area contributed by atoms with Gasteiger partial charge in [-0.05, 0) is 36.8 Å². The van der Waals surface area contributed by atoms with Crippen molar-refractivity contribution in [2.24, 2.45) is 0 Å². The first-order valence-corrected chi connectivity index (χ1v) is 6.38. The number of fused-ring (bicyclic) bond motifs is 1. The Morgan fingerprint density at radius 1 is 1.11 bits per heavy atom. The summed E-state index contributed by atoms with van der Waals surface area (Å²) < 4.78 is 1.85. The molecule has 0 fully saturated rings. The maximum absolute atomic E-state index is 6.03. The van der Waals surface area contributed by atoms with E-state index in [9.17, 15) is 0 Å². The highest BCUT2D eigenvalue weighted by molar-refractivity contribution is 6.42. The minimum Gasteiger partial charge on any atom is -0.398 e. The Hall–Kier alpha value is -1.78. The van der Waals surface area contributed by atoms with Crippen LogP contribution in [-0.4, -0.2) is 14.6 Å². The number of nitrogens with two attached hydrogens (primary N) is 1. The van der Waals surface area contributed by atoms with Crippen LogP contribution in [0.25, 0.3) is 17.0 Å². The van der Waals surface area contributed by atoms with Crippen LogP contribution < -0.4 is 5.73 Å². The van der Waals surface area contributed by atoms with E-state index in [2.05, 4.69) is 10.2 Å². The van der Waals surface area contributed by atoms with Gasteiger partial charge in [0.05, 0.1) is 10.0 Å². The van der Waals surface area contributed by atoms with E-state index in [1.165, 1.54) is 0 Å². The third-order valence-electron chi connectivity index (χ3n) is 2.89. The van der Waals surface area contributed by atoms with E-state index in [1.807, 2.05) is 23.5 Å². The van der Waals surface area contributed by atoms with Gasteiger partial charge in [0.25, 0.3) is 0 Å². The number of anilines is 1. The molecular weight excluding hydrogens is 283 g/mol. The first kappa shape index (κ1) is 12.3. The predicted molar refractivity (Wildman–Crippen MR) is 77.6 cm³/mol. The summed E-state index contributed by atoms with van der Waals surface area (Å²) in [6.45, 7) is 1.94. The van der Waals surface area contributed by atoms with Crippen LogP contribution in [0.3, 0.4) is 0 Å². The highest BCUT2D eigenvalue weighted by Crippen LogP contribution is 2.28. The maximum Gasteiger partial charge on any atom is 0.168 e. The summed E-state index contributed by atoms with van der Waals surface area (Å²) in [5, 5.41) is 9.36. The molecule has 3 aromatic rings. The molecule has 0 bridgehead atoms. The molecule has 96 valence electrons. The second-order valence-electron chi connectivity index (χ2n) is 4.30. The zero-order valence-corrected chi connectivity index (χ0v) is 11.6. The molecule has 0 saturated carbocycles. The van der Waals surface area contributed by atoms with Gasteiger partial charge >= 0.3 is 0 Å². The molecule has 2 heterocycles. The molecule has 0 aliphatic rings. The first-order valence-electron chi connectivity index (χ1n) is 5.62. The Labute approximate surface area is 119 Å². The van der Waals surface area contributed by atoms with E-state index in [4.69, 9.17) is 28.9 Å². The normalized spacial score (nSPS) is 11.1. The fourth-order valence-electron chi connectivity index (χ4n) is 2.02. The van der Waals surface area contributed by atoms with Gasteiger partial charge in [-0.2, -0.15) is 0 Å². The van der Waals surface area contributed by atoms with Gasteiger partial charge in [0.15, 0.2) is 11.5 Å². The predicted octanol–water partition coefficient (Wildman–Crippen LogP) is 3.59. The number of aryl methyl sites for hydroxylation is 1. The number of hydrogen-bond acceptors (Lipinski definition) is 3. The summed E-state index contributed by atoms with van der Waals surface area (Å²) in [6.07, 6.45) is 1.79. The van der Waals surface area contributed by atoms with E-state index in [-0.39, 0.29) is 0 Å². The molecule has 1 aromatic carbocycles. The second kappa shape index (κ2) is 4.40. The van der Waals surface area contributed by atoms with Crippen molar-refractivity contribution in [1.82, 2.24) is 14.6 Å². The van der Waals surface area contributed by atoms with E-state index in [0.717, 1.165) is 16.8 Å². The van der Waals surface area contributed by atoms with Crippen LogP contribution in [0, 0.1) is 6.92 Å². The summed E-state index contributed by atoms with van der Waals surface area (Å²) in [4.78, 5) is 0. The number of halogens is 2. The molecule has 19 heavy (non-hydrogen) atoms. The number of pyridine rings is 1. The van der Waals surface area contributed by atoms with Crippen molar-refractivity contribution in [1.29, 1.82) is 0 Å². The molecule has 6 heteroatoms. The molecule has 0 atom stereocenters. The van der Waals surface area contributed by atoms with Gasteiger partial charge in [0.2, 0.25) is 0 Å². The third kappa shape index (κ3) is 2.03. The van der Waals surface area contributed by atoms with Crippen LogP contribution in [0.2, 0.25) is 10.0 Å². The van der Waals surface area contributed by atoms with Gasteiger partial charge in [-0.3, -0.25) is 4.40 Å². The van der Waals surface area contributed by atoms with E-state index >= 15 is 0 Å². The van der Waals surface area contributed by atoms with Gasteiger partial charge in [0, 0.05) is 17.4 Å². The van der Waals surface area contributed by atoms with Crippen LogP contribution in [0.15, 0.2) is 30.5 Å². The zero-order chi connectivity index (χ0) is 13.6. The number of nitrogens with zero attached hydrogens (tertiary/aromatic N) is 3. The largest absolute Gasteiger partial charge is 0.398 e. The lowest BCUT2D eigenvalue weighted by molar-refractivity contribution is 1.11. The van der Waals surface area contributed by atoms with E-state index in [0.29, 0.717) is 21.6 Å². The highest BCUT2D eigenvalue weighted by atomic mass is 35.5. The Kier molecular flexibility index (Phi) is 2.84. The number of rotatable bonds is 1. The average Bonchev–Trinajstić information content (AvgIpc) is 2.76. The van der Waals surface area contributed by atoms with Crippen molar-refractivity contribution in [3.63, 3.8) is 0 Å². The average molecular weight is 293 g/mol. The molecule has 4 nitrogen and oxygen atoms in total. The summed E-state index contributed by atoms with van der Waals surface area (Å²) in [5.74, 6) is 0.684. The lowest BCUT2D eigenvalue weighted by Crippen LogP contribution is -1.95. The fraction of sp³-hybridized carbons (Fsp3) is 0.0769. The highest BCUT2D eigenvalue weighted by Gasteiger charge is 2.11. The van der Waals surface area contributed by atoms with Gasteiger partial charge < -0.3 is 5.73 Å². The Bertz CT molecular complexity index is 780. The smallest absolute Gasteiger partial charge is 0.168 e. The lowest BCUT2D eigenvalue weighted by atomic mass is 10.2. The molecular formula is C13H10Cl2N4. The van der Waals surface area contributed by atoms with Crippen molar-refractivity contribution in [3.8, 4) is 11.4 Å². The number of hydrogen-bond donors (Lipinski definition) is 1. The van der Waals surface area contributed by atoms with Crippen LogP contribution in [0.5, 0.6) is 0 Å². The van der Waals surface area contributed by atoms with Crippen LogP contribution in [-0.2, 0) is 0 Å². The van der Waals surface area contributed by atoms with Crippen LogP contribution in [0.1, 0.15) is 5.56 Å². The quantitative estimate of drug-likeness (QED) is 0.746. The summed E-state index contributed by atoms with van der Waals surface area (Å²) >= 11 is 11.9. The lowest BCUT2D eigenvalue weighted by Gasteiger charge is -2.04. The third-order valence-corrected chi connectivity index (χ3v) is 3.63. The summed E-state index contributed by atoms with van der Waals surface area (Å²) in [7, 11) is 0. The second-order valence-corrected chi connectivity index (χ2v) is 5.12. The number of nitrogen functional groups attached to an aromatic ring is 1. The van der Waals surface area contributed by atoms with Gasteiger partial charge in [0.1, 0.15) is 0 Å². The summed E-state index contributed by atoms with van der Waals surface area (Å²) in [6, 6.07) is 7.21. The topological polar surface area (TPSA) is 56.2 Å². The van der Waals surface area contributed by atoms with Gasteiger partial charge in [-0.1, -0.05) is 23.2 Å². The number of benzene rings is 1. The molecule has 0 spiro atoms. The van der Waals surface area contributed by atoms with Crippen LogP contribution >= 0.6 is 23.2 Å². The van der Waals surface area contributed by atoms with Crippen molar-refractivity contribution >= 4 is 34.5 Å². The molecule has 2 N–H and O–H groups in total. The fourth-order valence-corrected chi connectivity index (χ4v) is 2.31. The molecule has 0 saturated heterocycles. The summed E-state index contributed by atoms with van der Waals surface area (Å²) in [5.41, 5.74) is 9.10. The van der Waals surface area contributed by atoms with Gasteiger partial charge in [-0.25, -0.2) is 0 Å². The van der Waals surface area contributed by atoms with E-state index in [1.54, 1.807) is 18.3 Å². The maximum atomic E-state index is 6.03. The minimum atomic E-state index is 0.483. The van der Waals surface area contributed by atoms with Gasteiger partial charge in [-0.15, -0.1) is 10.2 Å². The van der Waals surface area contributed by atoms with E-state index < -0.39 is 0 Å². The Morgan fingerprint density at radius 3 is 2.63 bits per heavy atom. The number of aromatic nitrogens is 3. The van der Waals surface area contributed by atoms with Crippen molar-refractivity contribution in [3.05, 3.63) is 46.1 Å². The van der Waals surface area contributed by atoms with Crippen molar-refractivity contribution in [2.45, 2.75) is 6.92 Å². The monoisotopic (exact) mass is 292 g/mol. The van der Waals surface area contributed by atoms with Crippen LogP contribution in [0.4, 0.5) is 5.69 Å². The molecule has 0 aliphatic carbocycles. The molecule has 0 radical (unpaired) electrons. The minimum absolute atomic E-state index is 0.483.